The van der Waals surface area contributed by atoms with Gasteiger partial charge in [-0.15, -0.1) is 0 Å². The smallest absolute Gasteiger partial charge is 0.335 e. The van der Waals surface area contributed by atoms with Gasteiger partial charge in [0.2, 0.25) is 10.0 Å². The third kappa shape index (κ3) is 4.77. The maximum atomic E-state index is 13.7. The molecule has 0 aliphatic carbocycles. The van der Waals surface area contributed by atoms with E-state index in [1.165, 1.54) is 4.31 Å². The Kier molecular flexibility index (Phi) is 6.49. The van der Waals surface area contributed by atoms with Crippen LogP contribution in [0.15, 0.2) is 89.3 Å². The largest absolute Gasteiger partial charge is 0.463 e. The Balaban J connectivity index is 1.82. The van der Waals surface area contributed by atoms with E-state index in [0.717, 1.165) is 22.3 Å². The summed E-state index contributed by atoms with van der Waals surface area (Å²) in [5, 5.41) is 0. The van der Waals surface area contributed by atoms with Gasteiger partial charge in [-0.1, -0.05) is 77.9 Å². The van der Waals surface area contributed by atoms with Crippen molar-refractivity contribution in [1.29, 1.82) is 0 Å². The van der Waals surface area contributed by atoms with E-state index in [4.69, 9.17) is 4.74 Å². The molecule has 3 aromatic rings. The Morgan fingerprint density at radius 3 is 2.06 bits per heavy atom. The summed E-state index contributed by atoms with van der Waals surface area (Å²) in [7, 11) is -3.84. The van der Waals surface area contributed by atoms with E-state index in [-0.39, 0.29) is 11.5 Å². The van der Waals surface area contributed by atoms with E-state index in [0.29, 0.717) is 5.57 Å². The lowest BCUT2D eigenvalue weighted by Crippen LogP contribution is -2.19. The number of rotatable bonds is 7. The lowest BCUT2D eigenvalue weighted by molar-refractivity contribution is -0.138. The van der Waals surface area contributed by atoms with Gasteiger partial charge in [-0.2, -0.15) is 4.31 Å². The average Bonchev–Trinajstić information content (AvgIpc) is 3.55. The number of nitrogens with zero attached hydrogens (tertiary/aromatic N) is 1. The molecule has 4 rings (SSSR count). The van der Waals surface area contributed by atoms with Crippen LogP contribution in [0.2, 0.25) is 0 Å². The highest BCUT2D eigenvalue weighted by molar-refractivity contribution is 7.89. The number of sulfonamides is 1. The molecular weight excluding hydrogens is 434 g/mol. The molecule has 0 amide bonds. The zero-order valence-electron chi connectivity index (χ0n) is 18.9. The van der Waals surface area contributed by atoms with Crippen molar-refractivity contribution in [3.63, 3.8) is 0 Å². The molecule has 0 spiro atoms. The number of carbonyl (C=O) groups is 1. The van der Waals surface area contributed by atoms with Crippen LogP contribution in [0.3, 0.4) is 0 Å². The zero-order valence-corrected chi connectivity index (χ0v) is 19.7. The van der Waals surface area contributed by atoms with Gasteiger partial charge in [0.25, 0.3) is 0 Å². The molecule has 0 radical (unpaired) electrons. The van der Waals surface area contributed by atoms with Gasteiger partial charge in [-0.25, -0.2) is 13.2 Å². The van der Waals surface area contributed by atoms with Crippen LogP contribution in [0.25, 0.3) is 6.08 Å². The van der Waals surface area contributed by atoms with Crippen molar-refractivity contribution in [2.75, 3.05) is 6.61 Å². The summed E-state index contributed by atoms with van der Waals surface area (Å²) in [6, 6.07) is 22.8. The van der Waals surface area contributed by atoms with Crippen molar-refractivity contribution >= 4 is 22.1 Å². The molecule has 0 bridgehead atoms. The fourth-order valence-corrected chi connectivity index (χ4v) is 5.68. The molecule has 5 nitrogen and oxygen atoms in total. The molecule has 1 unspecified atom stereocenters. The van der Waals surface area contributed by atoms with Gasteiger partial charge < -0.3 is 4.74 Å². The van der Waals surface area contributed by atoms with Crippen LogP contribution >= 0.6 is 0 Å². The molecule has 1 aliphatic rings. The molecular formula is C27H27NO4S. The normalized spacial score (nSPS) is 20.3. The first-order valence-electron chi connectivity index (χ1n) is 10.9. The van der Waals surface area contributed by atoms with Crippen molar-refractivity contribution in [3.05, 3.63) is 107 Å². The topological polar surface area (TPSA) is 63.5 Å². The Bertz CT molecular complexity index is 1260. The van der Waals surface area contributed by atoms with E-state index >= 15 is 0 Å². The zero-order chi connectivity index (χ0) is 23.6. The highest BCUT2D eigenvalue weighted by Gasteiger charge is 2.59. The predicted molar refractivity (Wildman–Crippen MR) is 129 cm³/mol. The summed E-state index contributed by atoms with van der Waals surface area (Å²) in [5.74, 6) is -0.509. The van der Waals surface area contributed by atoms with Gasteiger partial charge in [0.1, 0.15) is 0 Å². The number of aryl methyl sites for hydroxylation is 2. The minimum Gasteiger partial charge on any atom is -0.463 e. The highest BCUT2D eigenvalue weighted by atomic mass is 32.2. The Hall–Kier alpha value is -3.22. The van der Waals surface area contributed by atoms with Crippen LogP contribution in [-0.4, -0.2) is 31.3 Å². The Labute approximate surface area is 195 Å². The van der Waals surface area contributed by atoms with Crippen LogP contribution in [0.4, 0.5) is 0 Å². The van der Waals surface area contributed by atoms with E-state index in [2.05, 4.69) is 0 Å². The first kappa shape index (κ1) is 23.0. The van der Waals surface area contributed by atoms with E-state index in [1.807, 2.05) is 68.4 Å². The molecule has 0 N–H and O–H groups in total. The minimum atomic E-state index is -3.84. The van der Waals surface area contributed by atoms with Gasteiger partial charge in [0.05, 0.1) is 29.2 Å². The second-order valence-corrected chi connectivity index (χ2v) is 10.0. The maximum absolute atomic E-state index is 13.7. The lowest BCUT2D eigenvalue weighted by Gasteiger charge is -2.09. The number of benzene rings is 3. The summed E-state index contributed by atoms with van der Waals surface area (Å²) in [6.45, 7) is 5.84. The molecule has 3 aromatic carbocycles. The van der Waals surface area contributed by atoms with Crippen molar-refractivity contribution < 1.29 is 17.9 Å². The maximum Gasteiger partial charge on any atom is 0.335 e. The van der Waals surface area contributed by atoms with Gasteiger partial charge in [-0.3, -0.25) is 0 Å². The van der Waals surface area contributed by atoms with E-state index in [9.17, 15) is 13.2 Å². The quantitative estimate of drug-likeness (QED) is 0.280. The number of hydrogen-bond donors (Lipinski definition) is 0. The SMILES string of the molecule is CCOC(=O)/C(=C/c1ccccc1)[C@H]1[C@H](c2ccc(C)cc2)N1S(=O)(=O)c1ccc(C)cc1. The highest BCUT2D eigenvalue weighted by Crippen LogP contribution is 2.51. The molecule has 6 heteroatoms. The van der Waals surface area contributed by atoms with Crippen LogP contribution in [0.5, 0.6) is 0 Å². The standard InChI is InChI=1S/C27H27NO4S/c1-4-32-27(29)24(18-21-8-6-5-7-9-21)26-25(22-14-10-19(2)11-15-22)28(26)33(30,31)23-16-12-20(3)13-17-23/h5-18,25-26H,4H2,1-3H3/b24-18+/t25-,26-,28?/m0/s1. The molecule has 33 heavy (non-hydrogen) atoms. The summed E-state index contributed by atoms with van der Waals surface area (Å²) >= 11 is 0. The second-order valence-electron chi connectivity index (χ2n) is 8.18. The fraction of sp³-hybridized carbons (Fsp3) is 0.222. The predicted octanol–water partition coefficient (Wildman–Crippen LogP) is 5.06. The molecule has 1 fully saturated rings. The molecule has 1 heterocycles. The minimum absolute atomic E-state index is 0.204. The number of hydrogen-bond acceptors (Lipinski definition) is 4. The summed E-state index contributed by atoms with van der Waals surface area (Å²) in [5.41, 5.74) is 4.02. The monoisotopic (exact) mass is 461 g/mol. The van der Waals surface area contributed by atoms with Gasteiger partial charge in [0, 0.05) is 0 Å². The summed E-state index contributed by atoms with van der Waals surface area (Å²) in [4.78, 5) is 13.2. The Morgan fingerprint density at radius 1 is 0.909 bits per heavy atom. The lowest BCUT2D eigenvalue weighted by atomic mass is 10.0. The van der Waals surface area contributed by atoms with Gasteiger partial charge in [0.15, 0.2) is 0 Å². The van der Waals surface area contributed by atoms with Gasteiger partial charge in [-0.05, 0) is 50.1 Å². The number of esters is 1. The van der Waals surface area contributed by atoms with Crippen LogP contribution in [0, 0.1) is 13.8 Å². The molecule has 0 aromatic heterocycles. The molecule has 170 valence electrons. The van der Waals surface area contributed by atoms with Crippen molar-refractivity contribution in [2.45, 2.75) is 37.8 Å². The summed E-state index contributed by atoms with van der Waals surface area (Å²) in [6.07, 6.45) is 1.73. The number of carbonyl (C=O) groups excluding carboxylic acids is 1. The third-order valence-corrected chi connectivity index (χ3v) is 7.60. The Morgan fingerprint density at radius 2 is 1.48 bits per heavy atom. The van der Waals surface area contributed by atoms with Crippen LogP contribution in [0.1, 0.15) is 35.2 Å². The van der Waals surface area contributed by atoms with Crippen LogP contribution < -0.4 is 0 Å². The summed E-state index contributed by atoms with van der Waals surface area (Å²) < 4.78 is 34.0. The fourth-order valence-electron chi connectivity index (χ4n) is 3.95. The number of ether oxygens (including phenoxy) is 1. The molecule has 3 atom stereocenters. The first-order chi connectivity index (χ1) is 15.8. The average molecular weight is 462 g/mol. The van der Waals surface area contributed by atoms with Crippen molar-refractivity contribution in [1.82, 2.24) is 4.31 Å². The first-order valence-corrected chi connectivity index (χ1v) is 12.4. The van der Waals surface area contributed by atoms with Crippen molar-refractivity contribution in [3.8, 4) is 0 Å². The van der Waals surface area contributed by atoms with Gasteiger partial charge >= 0.3 is 5.97 Å². The molecule has 1 saturated heterocycles. The van der Waals surface area contributed by atoms with Crippen molar-refractivity contribution in [2.24, 2.45) is 0 Å². The second kappa shape index (κ2) is 9.33. The van der Waals surface area contributed by atoms with E-state index < -0.39 is 28.1 Å². The molecule has 1 aliphatic heterocycles. The third-order valence-electron chi connectivity index (χ3n) is 5.72. The molecule has 0 saturated carbocycles. The van der Waals surface area contributed by atoms with E-state index in [1.54, 1.807) is 37.3 Å². The van der Waals surface area contributed by atoms with Crippen LogP contribution in [-0.2, 0) is 19.6 Å².